The van der Waals surface area contributed by atoms with E-state index >= 15 is 0 Å². The van der Waals surface area contributed by atoms with Crippen LogP contribution in [-0.2, 0) is 26.1 Å². The Kier molecular flexibility index (Phi) is 6.90. The zero-order valence-electron chi connectivity index (χ0n) is 18.1. The fourth-order valence-corrected chi connectivity index (χ4v) is 6.49. The number of aromatic nitrogens is 2. The van der Waals surface area contributed by atoms with Crippen molar-refractivity contribution in [2.24, 2.45) is 5.92 Å². The van der Waals surface area contributed by atoms with E-state index in [0.717, 1.165) is 36.6 Å². The van der Waals surface area contributed by atoms with Gasteiger partial charge in [0.2, 0.25) is 15.9 Å². The third kappa shape index (κ3) is 4.76. The van der Waals surface area contributed by atoms with Crippen molar-refractivity contribution in [1.82, 2.24) is 18.8 Å². The zero-order chi connectivity index (χ0) is 22.0. The first kappa shape index (κ1) is 22.6. The van der Waals surface area contributed by atoms with Crippen molar-refractivity contribution in [3.05, 3.63) is 18.2 Å². The SMILES string of the molecule is CCn1c(SCC(=O)N2CCC(C)CC2)nc2cc(S(=O)(=O)N3CCOCC3)ccc21. The molecule has 31 heavy (non-hydrogen) atoms. The maximum atomic E-state index is 13.0. The van der Waals surface area contributed by atoms with Gasteiger partial charge in [0.25, 0.3) is 0 Å². The lowest BCUT2D eigenvalue weighted by atomic mass is 9.99. The van der Waals surface area contributed by atoms with Crippen molar-refractivity contribution < 1.29 is 17.9 Å². The molecule has 170 valence electrons. The molecule has 0 unspecified atom stereocenters. The Balaban J connectivity index is 1.52. The number of sulfonamides is 1. The van der Waals surface area contributed by atoms with Crippen LogP contribution in [0.3, 0.4) is 0 Å². The molecule has 3 heterocycles. The van der Waals surface area contributed by atoms with Crippen LogP contribution >= 0.6 is 11.8 Å². The topological polar surface area (TPSA) is 84.7 Å². The monoisotopic (exact) mass is 466 g/mol. The van der Waals surface area contributed by atoms with Gasteiger partial charge in [-0.15, -0.1) is 0 Å². The summed E-state index contributed by atoms with van der Waals surface area (Å²) in [7, 11) is -3.57. The Hall–Kier alpha value is -1.62. The van der Waals surface area contributed by atoms with Crippen LogP contribution in [-0.4, -0.2) is 78.2 Å². The number of ether oxygens (including phenoxy) is 1. The van der Waals surface area contributed by atoms with E-state index in [-0.39, 0.29) is 10.8 Å². The Morgan fingerprint density at radius 3 is 2.58 bits per heavy atom. The summed E-state index contributed by atoms with van der Waals surface area (Å²) in [6.07, 6.45) is 2.12. The van der Waals surface area contributed by atoms with Gasteiger partial charge in [-0.05, 0) is 43.9 Å². The van der Waals surface area contributed by atoms with Gasteiger partial charge >= 0.3 is 0 Å². The lowest BCUT2D eigenvalue weighted by Gasteiger charge is -2.30. The Morgan fingerprint density at radius 1 is 1.19 bits per heavy atom. The number of hydrogen-bond acceptors (Lipinski definition) is 6. The van der Waals surface area contributed by atoms with E-state index in [0.29, 0.717) is 50.0 Å². The molecule has 0 bridgehead atoms. The molecule has 0 radical (unpaired) electrons. The number of amides is 1. The Bertz CT molecular complexity index is 1040. The van der Waals surface area contributed by atoms with E-state index in [4.69, 9.17) is 4.74 Å². The summed E-state index contributed by atoms with van der Waals surface area (Å²) in [5.74, 6) is 1.17. The minimum atomic E-state index is -3.57. The maximum Gasteiger partial charge on any atom is 0.243 e. The molecule has 2 aliphatic rings. The molecule has 2 saturated heterocycles. The lowest BCUT2D eigenvalue weighted by Crippen LogP contribution is -2.40. The molecule has 0 saturated carbocycles. The predicted molar refractivity (Wildman–Crippen MR) is 121 cm³/mol. The van der Waals surface area contributed by atoms with Crippen LogP contribution in [0.15, 0.2) is 28.3 Å². The third-order valence-electron chi connectivity index (χ3n) is 6.07. The van der Waals surface area contributed by atoms with E-state index in [9.17, 15) is 13.2 Å². The van der Waals surface area contributed by atoms with Gasteiger partial charge in [-0.2, -0.15) is 4.31 Å². The van der Waals surface area contributed by atoms with E-state index in [1.165, 1.54) is 16.1 Å². The standard InChI is InChI=1S/C21H30N4O4S2/c1-3-25-19-5-4-17(31(27,28)24-10-12-29-13-11-24)14-18(19)22-21(25)30-15-20(26)23-8-6-16(2)7-9-23/h4-5,14,16H,3,6-13,15H2,1-2H3. The van der Waals surface area contributed by atoms with Crippen LogP contribution in [0, 0.1) is 5.92 Å². The molecule has 0 atom stereocenters. The fraction of sp³-hybridized carbons (Fsp3) is 0.619. The highest BCUT2D eigenvalue weighted by molar-refractivity contribution is 7.99. The molecule has 4 rings (SSSR count). The van der Waals surface area contributed by atoms with E-state index in [1.807, 2.05) is 22.5 Å². The summed E-state index contributed by atoms with van der Waals surface area (Å²) in [6.45, 7) is 8.16. The summed E-state index contributed by atoms with van der Waals surface area (Å²) in [5, 5.41) is 0.747. The number of carbonyl (C=O) groups is 1. The zero-order valence-corrected chi connectivity index (χ0v) is 19.8. The molecule has 0 N–H and O–H groups in total. The Morgan fingerprint density at radius 2 is 1.90 bits per heavy atom. The summed E-state index contributed by atoms with van der Waals surface area (Å²) in [4.78, 5) is 19.5. The molecular formula is C21H30N4O4S2. The van der Waals surface area contributed by atoms with Gasteiger partial charge in [0, 0.05) is 32.7 Å². The first-order valence-corrected chi connectivity index (χ1v) is 13.3. The van der Waals surface area contributed by atoms with Gasteiger partial charge in [-0.3, -0.25) is 4.79 Å². The first-order chi connectivity index (χ1) is 14.9. The normalized spacial score (nSPS) is 19.2. The summed E-state index contributed by atoms with van der Waals surface area (Å²) < 4.78 is 34.7. The number of rotatable bonds is 6. The van der Waals surface area contributed by atoms with E-state index in [1.54, 1.807) is 12.1 Å². The van der Waals surface area contributed by atoms with Crippen molar-refractivity contribution in [2.75, 3.05) is 45.1 Å². The fourth-order valence-electron chi connectivity index (χ4n) is 4.08. The van der Waals surface area contributed by atoms with Crippen molar-refractivity contribution in [3.63, 3.8) is 0 Å². The molecular weight excluding hydrogens is 436 g/mol. The number of imidazole rings is 1. The number of hydrogen-bond donors (Lipinski definition) is 0. The van der Waals surface area contributed by atoms with E-state index < -0.39 is 10.0 Å². The molecule has 1 aromatic heterocycles. The van der Waals surface area contributed by atoms with Gasteiger partial charge in [0.1, 0.15) is 0 Å². The number of fused-ring (bicyclic) bond motifs is 1. The van der Waals surface area contributed by atoms with Crippen LogP contribution in [0.25, 0.3) is 11.0 Å². The van der Waals surface area contributed by atoms with Crippen LogP contribution in [0.1, 0.15) is 26.7 Å². The van der Waals surface area contributed by atoms with Crippen LogP contribution in [0.4, 0.5) is 0 Å². The van der Waals surface area contributed by atoms with Crippen molar-refractivity contribution in [3.8, 4) is 0 Å². The maximum absolute atomic E-state index is 13.0. The molecule has 1 aromatic carbocycles. The third-order valence-corrected chi connectivity index (χ3v) is 8.93. The summed E-state index contributed by atoms with van der Waals surface area (Å²) >= 11 is 1.43. The van der Waals surface area contributed by atoms with Gasteiger partial charge in [0.05, 0.1) is 34.9 Å². The molecule has 2 aliphatic heterocycles. The summed E-state index contributed by atoms with van der Waals surface area (Å²) in [6, 6.07) is 5.11. The molecule has 0 spiro atoms. The Labute approximate surface area is 188 Å². The van der Waals surface area contributed by atoms with Crippen LogP contribution in [0.5, 0.6) is 0 Å². The quantitative estimate of drug-likeness (QED) is 0.608. The number of likely N-dealkylation sites (tertiary alicyclic amines) is 1. The van der Waals surface area contributed by atoms with Gasteiger partial charge in [-0.25, -0.2) is 13.4 Å². The number of carbonyl (C=O) groups excluding carboxylic acids is 1. The minimum Gasteiger partial charge on any atom is -0.379 e. The molecule has 2 aromatic rings. The highest BCUT2D eigenvalue weighted by atomic mass is 32.2. The minimum absolute atomic E-state index is 0.141. The average Bonchev–Trinajstić information content (AvgIpc) is 3.15. The molecule has 8 nitrogen and oxygen atoms in total. The largest absolute Gasteiger partial charge is 0.379 e. The smallest absolute Gasteiger partial charge is 0.243 e. The number of thioether (sulfide) groups is 1. The molecule has 0 aliphatic carbocycles. The molecule has 2 fully saturated rings. The second-order valence-electron chi connectivity index (χ2n) is 8.16. The van der Waals surface area contributed by atoms with Crippen molar-refractivity contribution >= 4 is 38.7 Å². The number of benzene rings is 1. The first-order valence-electron chi connectivity index (χ1n) is 10.9. The molecule has 10 heteroatoms. The summed E-state index contributed by atoms with van der Waals surface area (Å²) in [5.41, 5.74) is 1.52. The second kappa shape index (κ2) is 9.48. The predicted octanol–water partition coefficient (Wildman–Crippen LogP) is 2.43. The van der Waals surface area contributed by atoms with Gasteiger partial charge in [-0.1, -0.05) is 18.7 Å². The molecule has 1 amide bonds. The van der Waals surface area contributed by atoms with Gasteiger partial charge in [0.15, 0.2) is 5.16 Å². The second-order valence-corrected chi connectivity index (χ2v) is 11.0. The van der Waals surface area contributed by atoms with Crippen molar-refractivity contribution in [2.45, 2.75) is 43.3 Å². The van der Waals surface area contributed by atoms with Crippen molar-refractivity contribution in [1.29, 1.82) is 0 Å². The number of nitrogens with zero attached hydrogens (tertiary/aromatic N) is 4. The number of aryl methyl sites for hydroxylation is 1. The lowest BCUT2D eigenvalue weighted by molar-refractivity contribution is -0.129. The van der Waals surface area contributed by atoms with Crippen LogP contribution in [0.2, 0.25) is 0 Å². The average molecular weight is 467 g/mol. The van der Waals surface area contributed by atoms with Crippen LogP contribution < -0.4 is 0 Å². The van der Waals surface area contributed by atoms with E-state index in [2.05, 4.69) is 11.9 Å². The number of morpholine rings is 1. The van der Waals surface area contributed by atoms with Gasteiger partial charge < -0.3 is 14.2 Å². The highest BCUT2D eigenvalue weighted by Gasteiger charge is 2.27. The highest BCUT2D eigenvalue weighted by Crippen LogP contribution is 2.28. The number of piperidine rings is 1.